The van der Waals surface area contributed by atoms with Gasteiger partial charge >= 0.3 is 0 Å². The van der Waals surface area contributed by atoms with Crippen molar-refractivity contribution in [2.24, 2.45) is 0 Å². The summed E-state index contributed by atoms with van der Waals surface area (Å²) in [5.74, 6) is 0. The van der Waals surface area contributed by atoms with Crippen LogP contribution >= 0.6 is 12.4 Å². The van der Waals surface area contributed by atoms with E-state index in [0.717, 1.165) is 22.5 Å². The van der Waals surface area contributed by atoms with Gasteiger partial charge in [0.25, 0.3) is 0 Å². The third kappa shape index (κ3) is 3.15. The smallest absolute Gasteiger partial charge is 0.0344 e. The molecule has 0 aromatic heterocycles. The van der Waals surface area contributed by atoms with Gasteiger partial charge in [0.05, 0.1) is 0 Å². The summed E-state index contributed by atoms with van der Waals surface area (Å²) >= 11 is 0. The normalized spacial score (nSPS) is 9.22. The SMILES string of the molecule is Cc1cc(-c2ccc(N)c(C)c2)ccc1N.Cl.O. The van der Waals surface area contributed by atoms with E-state index in [4.69, 9.17) is 11.5 Å². The van der Waals surface area contributed by atoms with Gasteiger partial charge in [-0.1, -0.05) is 12.1 Å². The van der Waals surface area contributed by atoms with E-state index in [9.17, 15) is 0 Å². The molecule has 0 aliphatic rings. The molecule has 0 fully saturated rings. The molecule has 98 valence electrons. The van der Waals surface area contributed by atoms with Crippen molar-refractivity contribution >= 4 is 23.8 Å². The number of nitrogens with two attached hydrogens (primary N) is 2. The van der Waals surface area contributed by atoms with Gasteiger partial charge in [0.15, 0.2) is 0 Å². The first-order chi connectivity index (χ1) is 7.58. The first-order valence-electron chi connectivity index (χ1n) is 5.30. The van der Waals surface area contributed by atoms with E-state index in [2.05, 4.69) is 12.1 Å². The predicted molar refractivity (Wildman–Crippen MR) is 81.0 cm³/mol. The zero-order chi connectivity index (χ0) is 11.7. The molecular weight excluding hydrogens is 248 g/mol. The molecule has 2 aromatic rings. The van der Waals surface area contributed by atoms with Crippen molar-refractivity contribution in [3.8, 4) is 11.1 Å². The lowest BCUT2D eigenvalue weighted by Crippen LogP contribution is -1.91. The van der Waals surface area contributed by atoms with E-state index in [-0.39, 0.29) is 17.9 Å². The Bertz CT molecular complexity index is 492. The molecule has 0 atom stereocenters. The molecule has 18 heavy (non-hydrogen) atoms. The van der Waals surface area contributed by atoms with E-state index >= 15 is 0 Å². The summed E-state index contributed by atoms with van der Waals surface area (Å²) in [5, 5.41) is 0. The van der Waals surface area contributed by atoms with E-state index in [0.29, 0.717) is 0 Å². The van der Waals surface area contributed by atoms with Crippen LogP contribution in [-0.4, -0.2) is 5.48 Å². The molecule has 0 saturated heterocycles. The first kappa shape index (κ1) is 16.3. The largest absolute Gasteiger partial charge is 0.412 e. The Balaban J connectivity index is 0.00000144. The molecule has 0 saturated carbocycles. The Labute approximate surface area is 114 Å². The van der Waals surface area contributed by atoms with E-state index < -0.39 is 0 Å². The topological polar surface area (TPSA) is 83.5 Å². The highest BCUT2D eigenvalue weighted by Gasteiger charge is 2.01. The minimum Gasteiger partial charge on any atom is -0.412 e. The lowest BCUT2D eigenvalue weighted by Gasteiger charge is -2.07. The van der Waals surface area contributed by atoms with Gasteiger partial charge in [-0.05, 0) is 60.4 Å². The van der Waals surface area contributed by atoms with Crippen molar-refractivity contribution < 1.29 is 5.48 Å². The summed E-state index contributed by atoms with van der Waals surface area (Å²) in [7, 11) is 0. The van der Waals surface area contributed by atoms with Crippen LogP contribution in [0.2, 0.25) is 0 Å². The molecule has 0 radical (unpaired) electrons. The van der Waals surface area contributed by atoms with Gasteiger partial charge in [0, 0.05) is 11.4 Å². The molecule has 2 aromatic carbocycles. The van der Waals surface area contributed by atoms with Crippen molar-refractivity contribution in [1.82, 2.24) is 0 Å². The Morgan fingerprint density at radius 3 is 1.33 bits per heavy atom. The van der Waals surface area contributed by atoms with E-state index in [1.807, 2.05) is 38.1 Å². The molecule has 0 amide bonds. The number of nitrogen functional groups attached to an aromatic ring is 2. The molecule has 0 heterocycles. The Kier molecular flexibility index (Phi) is 5.69. The number of halogens is 1. The van der Waals surface area contributed by atoms with Crippen LogP contribution in [0.15, 0.2) is 36.4 Å². The molecule has 0 aliphatic carbocycles. The fraction of sp³-hybridized carbons (Fsp3) is 0.143. The summed E-state index contributed by atoms with van der Waals surface area (Å²) < 4.78 is 0. The average molecular weight is 267 g/mol. The lowest BCUT2D eigenvalue weighted by molar-refractivity contribution is 0.824. The summed E-state index contributed by atoms with van der Waals surface area (Å²) in [6.45, 7) is 4.03. The number of benzene rings is 2. The number of aryl methyl sites for hydroxylation is 2. The zero-order valence-corrected chi connectivity index (χ0v) is 11.3. The van der Waals surface area contributed by atoms with Crippen LogP contribution in [0.25, 0.3) is 11.1 Å². The number of anilines is 2. The first-order valence-corrected chi connectivity index (χ1v) is 5.30. The second-order valence-electron chi connectivity index (χ2n) is 4.14. The quantitative estimate of drug-likeness (QED) is 0.778. The zero-order valence-electron chi connectivity index (χ0n) is 10.5. The minimum absolute atomic E-state index is 0. The Hall–Kier alpha value is -1.71. The molecule has 0 bridgehead atoms. The highest BCUT2D eigenvalue weighted by atomic mass is 35.5. The summed E-state index contributed by atoms with van der Waals surface area (Å²) in [6, 6.07) is 12.1. The Morgan fingerprint density at radius 2 is 1.06 bits per heavy atom. The molecule has 3 nitrogen and oxygen atoms in total. The maximum absolute atomic E-state index is 5.80. The van der Waals surface area contributed by atoms with Crippen LogP contribution < -0.4 is 11.5 Å². The van der Waals surface area contributed by atoms with Crippen LogP contribution in [0.1, 0.15) is 11.1 Å². The summed E-state index contributed by atoms with van der Waals surface area (Å²) in [5.41, 5.74) is 17.8. The van der Waals surface area contributed by atoms with Gasteiger partial charge in [-0.15, -0.1) is 12.4 Å². The van der Waals surface area contributed by atoms with Crippen molar-refractivity contribution in [1.29, 1.82) is 0 Å². The fourth-order valence-electron chi connectivity index (χ4n) is 1.71. The molecule has 0 spiro atoms. The second kappa shape index (κ2) is 6.28. The molecular formula is C14H19ClN2O. The molecule has 2 rings (SSSR count). The number of hydrogen-bond donors (Lipinski definition) is 2. The number of hydrogen-bond acceptors (Lipinski definition) is 2. The van der Waals surface area contributed by atoms with Gasteiger partial charge in [0.2, 0.25) is 0 Å². The summed E-state index contributed by atoms with van der Waals surface area (Å²) in [4.78, 5) is 0. The average Bonchev–Trinajstić information content (AvgIpc) is 2.26. The highest BCUT2D eigenvalue weighted by molar-refractivity contribution is 5.85. The van der Waals surface area contributed by atoms with Crippen molar-refractivity contribution in [2.75, 3.05) is 11.5 Å². The van der Waals surface area contributed by atoms with Gasteiger partial charge in [-0.2, -0.15) is 0 Å². The molecule has 0 aliphatic heterocycles. The predicted octanol–water partition coefficient (Wildman–Crippen LogP) is 2.73. The van der Waals surface area contributed by atoms with Crippen molar-refractivity contribution in [2.45, 2.75) is 13.8 Å². The molecule has 0 unspecified atom stereocenters. The van der Waals surface area contributed by atoms with Crippen LogP contribution in [-0.2, 0) is 0 Å². The standard InChI is InChI=1S/C14H16N2.ClH.H2O/c1-9-7-11(3-5-13(9)15)12-4-6-14(16)10(2)8-12;;/h3-8H,15-16H2,1-2H3;1H;1H2. The molecule has 4 heteroatoms. The van der Waals surface area contributed by atoms with E-state index in [1.54, 1.807) is 0 Å². The third-order valence-corrected chi connectivity index (χ3v) is 2.87. The van der Waals surface area contributed by atoms with Crippen LogP contribution in [0, 0.1) is 13.8 Å². The Morgan fingerprint density at radius 1 is 0.722 bits per heavy atom. The fourth-order valence-corrected chi connectivity index (χ4v) is 1.71. The van der Waals surface area contributed by atoms with Crippen molar-refractivity contribution in [3.05, 3.63) is 47.5 Å². The number of rotatable bonds is 1. The van der Waals surface area contributed by atoms with Gasteiger partial charge < -0.3 is 16.9 Å². The molecule has 6 N–H and O–H groups in total. The van der Waals surface area contributed by atoms with Gasteiger partial charge in [0.1, 0.15) is 0 Å². The van der Waals surface area contributed by atoms with Crippen LogP contribution in [0.3, 0.4) is 0 Å². The maximum Gasteiger partial charge on any atom is 0.0344 e. The third-order valence-electron chi connectivity index (χ3n) is 2.87. The second-order valence-corrected chi connectivity index (χ2v) is 4.14. The summed E-state index contributed by atoms with van der Waals surface area (Å²) in [6.07, 6.45) is 0. The van der Waals surface area contributed by atoms with E-state index in [1.165, 1.54) is 11.1 Å². The van der Waals surface area contributed by atoms with Crippen LogP contribution in [0.5, 0.6) is 0 Å². The van der Waals surface area contributed by atoms with Crippen molar-refractivity contribution in [3.63, 3.8) is 0 Å². The lowest BCUT2D eigenvalue weighted by atomic mass is 10.0. The monoisotopic (exact) mass is 266 g/mol. The van der Waals surface area contributed by atoms with Gasteiger partial charge in [-0.25, -0.2) is 0 Å². The maximum atomic E-state index is 5.80. The van der Waals surface area contributed by atoms with Gasteiger partial charge in [-0.3, -0.25) is 0 Å². The minimum atomic E-state index is 0. The highest BCUT2D eigenvalue weighted by Crippen LogP contribution is 2.25. The van der Waals surface area contributed by atoms with Crippen LogP contribution in [0.4, 0.5) is 11.4 Å².